The van der Waals surface area contributed by atoms with Crippen LogP contribution in [0.2, 0.25) is 0 Å². The van der Waals surface area contributed by atoms with Gasteiger partial charge in [-0.1, -0.05) is 18.1 Å². The van der Waals surface area contributed by atoms with E-state index in [1.807, 2.05) is 18.2 Å². The molecule has 0 radical (unpaired) electrons. The number of nitrogens with two attached hydrogens (primary N) is 1. The van der Waals surface area contributed by atoms with Gasteiger partial charge in [-0.25, -0.2) is 13.1 Å². The summed E-state index contributed by atoms with van der Waals surface area (Å²) in [4.78, 5) is 0.910. The summed E-state index contributed by atoms with van der Waals surface area (Å²) in [6.45, 7) is 0.410. The molecule has 0 aliphatic rings. The lowest BCUT2D eigenvalue weighted by atomic mass is 10.3. The van der Waals surface area contributed by atoms with E-state index in [4.69, 9.17) is 12.2 Å². The number of hydrogen-bond acceptors (Lipinski definition) is 5. The smallest absolute Gasteiger partial charge is 0.212 e. The maximum atomic E-state index is 11.7. The highest BCUT2D eigenvalue weighted by Crippen LogP contribution is 2.24. The third kappa shape index (κ3) is 7.10. The zero-order valence-corrected chi connectivity index (χ0v) is 13.5. The van der Waals surface area contributed by atoms with Gasteiger partial charge in [0.2, 0.25) is 10.0 Å². The molecule has 0 saturated carbocycles. The second-order valence-electron chi connectivity index (χ2n) is 3.86. The molecule has 0 atom stereocenters. The Kier molecular flexibility index (Phi) is 7.92. The van der Waals surface area contributed by atoms with Crippen LogP contribution in [0.15, 0.2) is 29.2 Å². The van der Waals surface area contributed by atoms with Crippen molar-refractivity contribution < 1.29 is 8.42 Å². The van der Waals surface area contributed by atoms with Crippen LogP contribution in [0.1, 0.15) is 0 Å². The predicted octanol–water partition coefficient (Wildman–Crippen LogP) is 1.65. The topological polar surface area (TPSA) is 72.2 Å². The molecule has 20 heavy (non-hydrogen) atoms. The summed E-state index contributed by atoms with van der Waals surface area (Å²) in [5, 5.41) is 0. The van der Waals surface area contributed by atoms with E-state index in [9.17, 15) is 8.42 Å². The Morgan fingerprint density at radius 1 is 1.30 bits per heavy atom. The van der Waals surface area contributed by atoms with Gasteiger partial charge in [0.25, 0.3) is 0 Å². The molecule has 0 aliphatic heterocycles. The Bertz CT molecular complexity index is 553. The molecular formula is C13H18N2O2S3. The molecule has 1 aromatic carbocycles. The molecule has 0 bridgehead atoms. The van der Waals surface area contributed by atoms with E-state index in [-0.39, 0.29) is 5.75 Å². The van der Waals surface area contributed by atoms with Gasteiger partial charge >= 0.3 is 0 Å². The van der Waals surface area contributed by atoms with Gasteiger partial charge in [-0.15, -0.1) is 29.9 Å². The number of anilines is 1. The van der Waals surface area contributed by atoms with E-state index in [0.29, 0.717) is 29.5 Å². The van der Waals surface area contributed by atoms with E-state index >= 15 is 0 Å². The minimum absolute atomic E-state index is 0.0752. The number of terminal acetylenes is 1. The van der Waals surface area contributed by atoms with Gasteiger partial charge in [0, 0.05) is 28.6 Å². The minimum atomic E-state index is -3.23. The van der Waals surface area contributed by atoms with E-state index < -0.39 is 10.0 Å². The molecule has 7 heteroatoms. The molecule has 0 aromatic heterocycles. The number of rotatable bonds is 9. The molecule has 3 N–H and O–H groups in total. The molecule has 0 heterocycles. The van der Waals surface area contributed by atoms with Crippen LogP contribution in [-0.2, 0) is 10.0 Å². The Balaban J connectivity index is 2.26. The molecule has 0 saturated heterocycles. The molecule has 0 unspecified atom stereocenters. The van der Waals surface area contributed by atoms with Gasteiger partial charge in [0.05, 0.1) is 11.5 Å². The van der Waals surface area contributed by atoms with Crippen molar-refractivity contribution in [1.82, 2.24) is 4.72 Å². The van der Waals surface area contributed by atoms with Gasteiger partial charge < -0.3 is 5.73 Å². The predicted molar refractivity (Wildman–Crippen MR) is 89.5 cm³/mol. The minimum Gasteiger partial charge on any atom is -0.398 e. The van der Waals surface area contributed by atoms with Crippen molar-refractivity contribution in [3.05, 3.63) is 24.3 Å². The molecule has 0 spiro atoms. The highest BCUT2D eigenvalue weighted by molar-refractivity contribution is 8.00. The summed E-state index contributed by atoms with van der Waals surface area (Å²) >= 11 is 2.98. The van der Waals surface area contributed by atoms with Crippen LogP contribution >= 0.6 is 23.5 Å². The summed E-state index contributed by atoms with van der Waals surface area (Å²) in [7, 11) is -3.23. The normalized spacial score (nSPS) is 11.2. The molecule has 0 aliphatic carbocycles. The average molecular weight is 330 g/mol. The summed E-state index contributed by atoms with van der Waals surface area (Å²) < 4.78 is 26.0. The number of benzene rings is 1. The van der Waals surface area contributed by atoms with Crippen LogP contribution in [0, 0.1) is 12.3 Å². The molecule has 4 nitrogen and oxygen atoms in total. The fourth-order valence-electron chi connectivity index (χ4n) is 1.35. The lowest BCUT2D eigenvalue weighted by Crippen LogP contribution is -2.29. The maximum absolute atomic E-state index is 11.7. The fraction of sp³-hybridized carbons (Fsp3) is 0.385. The van der Waals surface area contributed by atoms with Crippen LogP contribution in [0.5, 0.6) is 0 Å². The van der Waals surface area contributed by atoms with Crippen LogP contribution < -0.4 is 10.5 Å². The van der Waals surface area contributed by atoms with Crippen molar-refractivity contribution in [3.8, 4) is 12.3 Å². The lowest BCUT2D eigenvalue weighted by Gasteiger charge is -2.07. The average Bonchev–Trinajstić information content (AvgIpc) is 2.40. The van der Waals surface area contributed by atoms with E-state index in [1.165, 1.54) is 23.5 Å². The standard InChI is InChI=1S/C13H18N2O2S3/c1-2-8-18-9-7-15-20(16,17)11-10-19-13-6-4-3-5-12(13)14/h1,3-6,15H,7-11,14H2. The highest BCUT2D eigenvalue weighted by atomic mass is 32.2. The summed E-state index contributed by atoms with van der Waals surface area (Å²) in [6, 6.07) is 7.42. The highest BCUT2D eigenvalue weighted by Gasteiger charge is 2.10. The zero-order valence-electron chi connectivity index (χ0n) is 11.0. The van der Waals surface area contributed by atoms with Crippen molar-refractivity contribution in [2.45, 2.75) is 4.90 Å². The summed E-state index contributed by atoms with van der Waals surface area (Å²) in [6.07, 6.45) is 5.11. The molecular weight excluding hydrogens is 312 g/mol. The third-order valence-electron chi connectivity index (χ3n) is 2.28. The monoisotopic (exact) mass is 330 g/mol. The van der Waals surface area contributed by atoms with Gasteiger partial charge in [-0.3, -0.25) is 0 Å². The maximum Gasteiger partial charge on any atom is 0.212 e. The number of thioether (sulfide) groups is 2. The third-order valence-corrected chi connectivity index (χ3v) is 5.88. The molecule has 0 fully saturated rings. The number of nitrogen functional groups attached to an aromatic ring is 1. The van der Waals surface area contributed by atoms with Crippen molar-refractivity contribution in [2.24, 2.45) is 0 Å². The molecule has 1 rings (SSSR count). The quantitative estimate of drug-likeness (QED) is 0.312. The van der Waals surface area contributed by atoms with Crippen LogP contribution in [-0.4, -0.2) is 38.0 Å². The second kappa shape index (κ2) is 9.19. The van der Waals surface area contributed by atoms with Gasteiger partial charge in [0.15, 0.2) is 0 Å². The Morgan fingerprint density at radius 2 is 2.05 bits per heavy atom. The first kappa shape index (κ1) is 17.2. The Labute approximate surface area is 129 Å². The zero-order chi connectivity index (χ0) is 14.8. The van der Waals surface area contributed by atoms with Gasteiger partial charge in [-0.05, 0) is 12.1 Å². The fourth-order valence-corrected chi connectivity index (χ4v) is 4.38. The number of hydrogen-bond donors (Lipinski definition) is 2. The van der Waals surface area contributed by atoms with Crippen LogP contribution in [0.25, 0.3) is 0 Å². The SMILES string of the molecule is C#CCSCCNS(=O)(=O)CCSc1ccccc1N. The van der Waals surface area contributed by atoms with Crippen molar-refractivity contribution >= 4 is 39.2 Å². The molecule has 1 aromatic rings. The van der Waals surface area contributed by atoms with Crippen molar-refractivity contribution in [3.63, 3.8) is 0 Å². The molecule has 0 amide bonds. The van der Waals surface area contributed by atoms with Crippen LogP contribution in [0.4, 0.5) is 5.69 Å². The van der Waals surface area contributed by atoms with Crippen LogP contribution in [0.3, 0.4) is 0 Å². The van der Waals surface area contributed by atoms with E-state index in [1.54, 1.807) is 6.07 Å². The largest absolute Gasteiger partial charge is 0.398 e. The number of nitrogens with one attached hydrogen (secondary N) is 1. The Hall–Kier alpha value is -0.810. The Morgan fingerprint density at radius 3 is 2.75 bits per heavy atom. The first-order valence-corrected chi connectivity index (χ1v) is 9.80. The summed E-state index contributed by atoms with van der Waals surface area (Å²) in [5.74, 6) is 4.33. The first-order chi connectivity index (χ1) is 9.55. The number of para-hydroxylation sites is 1. The second-order valence-corrected chi connectivity index (χ2v) is 8.02. The van der Waals surface area contributed by atoms with E-state index in [0.717, 1.165) is 4.90 Å². The van der Waals surface area contributed by atoms with Gasteiger partial charge in [0.1, 0.15) is 0 Å². The first-order valence-electron chi connectivity index (χ1n) is 6.01. The van der Waals surface area contributed by atoms with Gasteiger partial charge in [-0.2, -0.15) is 0 Å². The molecule has 110 valence electrons. The van der Waals surface area contributed by atoms with Crippen molar-refractivity contribution in [2.75, 3.05) is 35.3 Å². The lowest BCUT2D eigenvalue weighted by molar-refractivity contribution is 0.586. The van der Waals surface area contributed by atoms with E-state index in [2.05, 4.69) is 10.6 Å². The van der Waals surface area contributed by atoms with Crippen molar-refractivity contribution in [1.29, 1.82) is 0 Å². The number of sulfonamides is 1. The summed E-state index contributed by atoms with van der Waals surface area (Å²) in [5.41, 5.74) is 6.47.